The second-order valence-electron chi connectivity index (χ2n) is 6.72. The number of nitrogens with one attached hydrogen (secondary N) is 1. The van der Waals surface area contributed by atoms with Crippen molar-refractivity contribution >= 4 is 34.2 Å². The van der Waals surface area contributed by atoms with Crippen LogP contribution < -0.4 is 5.32 Å². The Morgan fingerprint density at radius 2 is 1.61 bits per heavy atom. The van der Waals surface area contributed by atoms with E-state index in [1.807, 2.05) is 24.3 Å². The van der Waals surface area contributed by atoms with Crippen LogP contribution in [0.25, 0.3) is 0 Å². The molecule has 3 heteroatoms. The van der Waals surface area contributed by atoms with Crippen LogP contribution in [0.1, 0.15) is 30.7 Å². The van der Waals surface area contributed by atoms with E-state index in [4.69, 9.17) is 0 Å². The molecular weight excluding hydrogens is 397 g/mol. The molecule has 2 aromatic carbocycles. The lowest BCUT2D eigenvalue weighted by molar-refractivity contribution is -0.135. The van der Waals surface area contributed by atoms with Gasteiger partial charge in [-0.15, -0.1) is 0 Å². The maximum Gasteiger partial charge on any atom is 0.228 e. The summed E-state index contributed by atoms with van der Waals surface area (Å²) >= 11 is 2.28. The summed E-state index contributed by atoms with van der Waals surface area (Å²) in [7, 11) is 0. The molecule has 0 spiro atoms. The zero-order chi connectivity index (χ0) is 15.8. The van der Waals surface area contributed by atoms with Crippen molar-refractivity contribution in [2.24, 2.45) is 17.8 Å². The molecule has 2 saturated carbocycles. The molecule has 118 valence electrons. The Hall–Kier alpha value is -1.36. The molecule has 0 saturated heterocycles. The van der Waals surface area contributed by atoms with Crippen molar-refractivity contribution in [3.05, 3.63) is 63.7 Å². The molecule has 2 aliphatic carbocycles. The fourth-order valence-corrected chi connectivity index (χ4v) is 4.92. The largest absolute Gasteiger partial charge is 0.326 e. The highest BCUT2D eigenvalue weighted by Crippen LogP contribution is 2.60. The molecule has 0 aliphatic heterocycles. The lowest BCUT2D eigenvalue weighted by Gasteiger charge is -2.55. The van der Waals surface area contributed by atoms with E-state index in [1.54, 1.807) is 0 Å². The van der Waals surface area contributed by atoms with Gasteiger partial charge < -0.3 is 5.32 Å². The zero-order valence-corrected chi connectivity index (χ0v) is 15.1. The summed E-state index contributed by atoms with van der Waals surface area (Å²) in [6.45, 7) is 0. The van der Waals surface area contributed by atoms with Crippen molar-refractivity contribution in [3.8, 4) is 0 Å². The number of hydrogen-bond donors (Lipinski definition) is 1. The number of carbonyl (C=O) groups is 1. The molecule has 2 nitrogen and oxygen atoms in total. The molecule has 2 unspecified atom stereocenters. The number of fused-ring (bicyclic) bond motifs is 2. The highest BCUT2D eigenvalue weighted by Gasteiger charge is 2.55. The van der Waals surface area contributed by atoms with Gasteiger partial charge in [0.05, 0.1) is 0 Å². The highest BCUT2D eigenvalue weighted by molar-refractivity contribution is 14.1. The summed E-state index contributed by atoms with van der Waals surface area (Å²) in [6.07, 6.45) is 3.63. The number of benzene rings is 2. The summed E-state index contributed by atoms with van der Waals surface area (Å²) in [5.74, 6) is 2.01. The molecule has 2 fully saturated rings. The molecule has 4 rings (SSSR count). The number of halogens is 1. The third-order valence-electron chi connectivity index (χ3n) is 5.52. The standard InChI is InChI=1S/C20H20INO/c21-14-9-11-15(12-10-14)22-20(23)19-16-7-4-8-17(19)18(16)13-5-2-1-3-6-13/h1-3,5-6,9-12,16-19H,4,7-8H2,(H,22,23)/t16-,17+,18?,19?. The van der Waals surface area contributed by atoms with Crippen LogP contribution >= 0.6 is 22.6 Å². The number of anilines is 1. The van der Waals surface area contributed by atoms with Crippen molar-refractivity contribution in [3.63, 3.8) is 0 Å². The minimum atomic E-state index is 0.188. The van der Waals surface area contributed by atoms with E-state index in [0.29, 0.717) is 17.8 Å². The van der Waals surface area contributed by atoms with Gasteiger partial charge in [0.25, 0.3) is 0 Å². The molecule has 2 bridgehead atoms. The lowest BCUT2D eigenvalue weighted by Crippen LogP contribution is -2.53. The quantitative estimate of drug-likeness (QED) is 0.696. The van der Waals surface area contributed by atoms with Crippen molar-refractivity contribution in [1.29, 1.82) is 0 Å². The predicted octanol–water partition coefficient (Wildman–Crippen LogP) is 5.06. The minimum absolute atomic E-state index is 0.188. The van der Waals surface area contributed by atoms with Crippen LogP contribution in [0, 0.1) is 21.3 Å². The third kappa shape index (κ3) is 2.80. The van der Waals surface area contributed by atoms with E-state index in [0.717, 1.165) is 5.69 Å². The van der Waals surface area contributed by atoms with Gasteiger partial charge in [-0.25, -0.2) is 0 Å². The predicted molar refractivity (Wildman–Crippen MR) is 101 cm³/mol. The third-order valence-corrected chi connectivity index (χ3v) is 6.24. The molecule has 2 aromatic rings. The maximum absolute atomic E-state index is 12.8. The molecule has 0 aromatic heterocycles. The van der Waals surface area contributed by atoms with Crippen LogP contribution in [0.5, 0.6) is 0 Å². The molecule has 0 radical (unpaired) electrons. The van der Waals surface area contributed by atoms with Crippen LogP contribution in [0.4, 0.5) is 5.69 Å². The first-order valence-corrected chi connectivity index (χ1v) is 9.43. The van der Waals surface area contributed by atoms with Crippen LogP contribution in [0.2, 0.25) is 0 Å². The topological polar surface area (TPSA) is 29.1 Å². The Labute approximate surface area is 150 Å². The summed E-state index contributed by atoms with van der Waals surface area (Å²) in [5.41, 5.74) is 2.33. The van der Waals surface area contributed by atoms with Gasteiger partial charge in [-0.05, 0) is 83.0 Å². The van der Waals surface area contributed by atoms with Crippen LogP contribution in [-0.2, 0) is 4.79 Å². The van der Waals surface area contributed by atoms with E-state index in [9.17, 15) is 4.79 Å². The van der Waals surface area contributed by atoms with Crippen molar-refractivity contribution < 1.29 is 4.79 Å². The molecule has 23 heavy (non-hydrogen) atoms. The smallest absolute Gasteiger partial charge is 0.228 e. The number of rotatable bonds is 3. The molecule has 0 heterocycles. The van der Waals surface area contributed by atoms with E-state index in [2.05, 4.69) is 58.2 Å². The Kier molecular flexibility index (Phi) is 4.14. The van der Waals surface area contributed by atoms with Gasteiger partial charge in [-0.2, -0.15) is 0 Å². The number of hydrogen-bond acceptors (Lipinski definition) is 1. The van der Waals surface area contributed by atoms with Crippen LogP contribution in [0.3, 0.4) is 0 Å². The summed E-state index contributed by atoms with van der Waals surface area (Å²) in [6, 6.07) is 18.8. The SMILES string of the molecule is O=C(Nc1ccc(I)cc1)C1[C@H]2CCC[C@@H]1C2c1ccccc1. The minimum Gasteiger partial charge on any atom is -0.326 e. The van der Waals surface area contributed by atoms with Gasteiger partial charge in [0, 0.05) is 15.2 Å². The number of amides is 1. The molecule has 4 atom stereocenters. The average molecular weight is 417 g/mol. The van der Waals surface area contributed by atoms with Crippen molar-refractivity contribution in [2.45, 2.75) is 25.2 Å². The fraction of sp³-hybridized carbons (Fsp3) is 0.350. The van der Waals surface area contributed by atoms with Gasteiger partial charge >= 0.3 is 0 Å². The monoisotopic (exact) mass is 417 g/mol. The van der Waals surface area contributed by atoms with E-state index in [1.165, 1.54) is 28.4 Å². The van der Waals surface area contributed by atoms with E-state index >= 15 is 0 Å². The van der Waals surface area contributed by atoms with Gasteiger partial charge in [0.2, 0.25) is 5.91 Å². The first-order chi connectivity index (χ1) is 11.2. The van der Waals surface area contributed by atoms with E-state index < -0.39 is 0 Å². The summed E-state index contributed by atoms with van der Waals surface area (Å²) in [4.78, 5) is 12.8. The Balaban J connectivity index is 1.50. The first-order valence-electron chi connectivity index (χ1n) is 8.35. The highest BCUT2D eigenvalue weighted by atomic mass is 127. The normalized spacial score (nSPS) is 28.7. The number of carbonyl (C=O) groups excluding carboxylic acids is 1. The molecule has 1 N–H and O–H groups in total. The van der Waals surface area contributed by atoms with Crippen LogP contribution in [0.15, 0.2) is 54.6 Å². The van der Waals surface area contributed by atoms with Crippen molar-refractivity contribution in [2.75, 3.05) is 5.32 Å². The Morgan fingerprint density at radius 1 is 0.957 bits per heavy atom. The summed E-state index contributed by atoms with van der Waals surface area (Å²) < 4.78 is 1.19. The Bertz CT molecular complexity index is 685. The maximum atomic E-state index is 12.8. The fourth-order valence-electron chi connectivity index (χ4n) is 4.56. The molecule has 2 aliphatic rings. The lowest BCUT2D eigenvalue weighted by atomic mass is 9.48. The van der Waals surface area contributed by atoms with Crippen LogP contribution in [-0.4, -0.2) is 5.91 Å². The van der Waals surface area contributed by atoms with Gasteiger partial charge in [-0.3, -0.25) is 4.79 Å². The van der Waals surface area contributed by atoms with Crippen molar-refractivity contribution in [1.82, 2.24) is 0 Å². The van der Waals surface area contributed by atoms with Gasteiger partial charge in [0.1, 0.15) is 0 Å². The van der Waals surface area contributed by atoms with Gasteiger partial charge in [0.15, 0.2) is 0 Å². The average Bonchev–Trinajstić information content (AvgIpc) is 2.58. The zero-order valence-electron chi connectivity index (χ0n) is 12.9. The van der Waals surface area contributed by atoms with Gasteiger partial charge in [-0.1, -0.05) is 36.8 Å². The van der Waals surface area contributed by atoms with E-state index in [-0.39, 0.29) is 11.8 Å². The second kappa shape index (κ2) is 6.27. The Morgan fingerprint density at radius 3 is 2.26 bits per heavy atom. The summed E-state index contributed by atoms with van der Waals surface area (Å²) in [5, 5.41) is 3.13. The second-order valence-corrected chi connectivity index (χ2v) is 7.96. The first kappa shape index (κ1) is 15.2. The molecular formula is C20H20INO. The molecule has 1 amide bonds.